The summed E-state index contributed by atoms with van der Waals surface area (Å²) in [5, 5.41) is 2.92. The van der Waals surface area contributed by atoms with Gasteiger partial charge in [-0.15, -0.1) is 0 Å². The summed E-state index contributed by atoms with van der Waals surface area (Å²) >= 11 is 0. The molecule has 2 atom stereocenters. The summed E-state index contributed by atoms with van der Waals surface area (Å²) in [4.78, 5) is 14.2. The number of hydrogen-bond acceptors (Lipinski definition) is 3. The maximum absolute atomic E-state index is 12.4. The van der Waals surface area contributed by atoms with Crippen LogP contribution < -0.4 is 15.8 Å². The quantitative estimate of drug-likeness (QED) is 0.891. The average Bonchev–Trinajstić information content (AvgIpc) is 2.48. The SMILES string of the molecule is COc1ccc(NC(=O)N2CCCCC2C(C)N)cc1. The van der Waals surface area contributed by atoms with Crippen LogP contribution in [0.2, 0.25) is 0 Å². The highest BCUT2D eigenvalue weighted by Gasteiger charge is 2.29. The van der Waals surface area contributed by atoms with Gasteiger partial charge in [0, 0.05) is 24.3 Å². The van der Waals surface area contributed by atoms with Crippen molar-refractivity contribution in [2.75, 3.05) is 19.0 Å². The fraction of sp³-hybridized carbons (Fsp3) is 0.533. The zero-order valence-corrected chi connectivity index (χ0v) is 12.1. The molecule has 1 heterocycles. The van der Waals surface area contributed by atoms with Gasteiger partial charge in [0.25, 0.3) is 0 Å². The van der Waals surface area contributed by atoms with Crippen LogP contribution in [0.3, 0.4) is 0 Å². The Kier molecular flexibility index (Phi) is 4.84. The summed E-state index contributed by atoms with van der Waals surface area (Å²) in [5.74, 6) is 0.773. The molecule has 0 radical (unpaired) electrons. The molecule has 2 rings (SSSR count). The number of ether oxygens (including phenoxy) is 1. The third-order valence-corrected chi connectivity index (χ3v) is 3.76. The minimum absolute atomic E-state index is 0.00285. The number of carbonyl (C=O) groups is 1. The number of benzene rings is 1. The molecule has 1 aromatic rings. The van der Waals surface area contributed by atoms with Crippen LogP contribution in [0.15, 0.2) is 24.3 Å². The van der Waals surface area contributed by atoms with Gasteiger partial charge in [0.15, 0.2) is 0 Å². The molecule has 0 bridgehead atoms. The van der Waals surface area contributed by atoms with E-state index >= 15 is 0 Å². The van der Waals surface area contributed by atoms with Crippen molar-refractivity contribution in [2.45, 2.75) is 38.3 Å². The second-order valence-corrected chi connectivity index (χ2v) is 5.27. The summed E-state index contributed by atoms with van der Waals surface area (Å²) in [6, 6.07) is 7.38. The van der Waals surface area contributed by atoms with E-state index in [1.165, 1.54) is 0 Å². The largest absolute Gasteiger partial charge is 0.497 e. The highest BCUT2D eigenvalue weighted by atomic mass is 16.5. The lowest BCUT2D eigenvalue weighted by atomic mass is 9.97. The molecule has 0 aliphatic carbocycles. The van der Waals surface area contributed by atoms with Crippen molar-refractivity contribution in [3.05, 3.63) is 24.3 Å². The van der Waals surface area contributed by atoms with E-state index in [1.54, 1.807) is 7.11 Å². The van der Waals surface area contributed by atoms with Gasteiger partial charge in [-0.25, -0.2) is 4.79 Å². The van der Waals surface area contributed by atoms with E-state index in [1.807, 2.05) is 36.1 Å². The number of piperidine rings is 1. The van der Waals surface area contributed by atoms with E-state index in [2.05, 4.69) is 5.32 Å². The van der Waals surface area contributed by atoms with E-state index in [4.69, 9.17) is 10.5 Å². The molecule has 3 N–H and O–H groups in total. The maximum Gasteiger partial charge on any atom is 0.322 e. The van der Waals surface area contributed by atoms with Gasteiger partial charge in [0.2, 0.25) is 0 Å². The number of hydrogen-bond donors (Lipinski definition) is 2. The van der Waals surface area contributed by atoms with Crippen molar-refractivity contribution in [3.8, 4) is 5.75 Å². The van der Waals surface area contributed by atoms with Gasteiger partial charge in [0.05, 0.1) is 7.11 Å². The van der Waals surface area contributed by atoms with Crippen LogP contribution in [-0.4, -0.2) is 36.7 Å². The Hall–Kier alpha value is -1.75. The van der Waals surface area contributed by atoms with Crippen molar-refractivity contribution in [2.24, 2.45) is 5.73 Å². The lowest BCUT2D eigenvalue weighted by Crippen LogP contribution is -2.53. The number of anilines is 1. The second-order valence-electron chi connectivity index (χ2n) is 5.27. The number of nitrogens with one attached hydrogen (secondary N) is 1. The number of rotatable bonds is 3. The second kappa shape index (κ2) is 6.61. The number of likely N-dealkylation sites (tertiary alicyclic amines) is 1. The first-order valence-corrected chi connectivity index (χ1v) is 7.09. The minimum Gasteiger partial charge on any atom is -0.497 e. The molecular weight excluding hydrogens is 254 g/mol. The topological polar surface area (TPSA) is 67.6 Å². The molecule has 1 fully saturated rings. The molecule has 2 unspecified atom stereocenters. The van der Waals surface area contributed by atoms with Gasteiger partial charge in [0.1, 0.15) is 5.75 Å². The van der Waals surface area contributed by atoms with Crippen LogP contribution in [0.25, 0.3) is 0 Å². The van der Waals surface area contributed by atoms with Crippen molar-refractivity contribution < 1.29 is 9.53 Å². The molecule has 1 aromatic carbocycles. The molecule has 0 spiro atoms. The molecule has 0 saturated carbocycles. The fourth-order valence-electron chi connectivity index (χ4n) is 2.63. The van der Waals surface area contributed by atoms with Gasteiger partial charge in [-0.05, 0) is 50.5 Å². The summed E-state index contributed by atoms with van der Waals surface area (Å²) in [6.07, 6.45) is 3.16. The van der Waals surface area contributed by atoms with E-state index in [9.17, 15) is 4.79 Å². The van der Waals surface area contributed by atoms with Gasteiger partial charge >= 0.3 is 6.03 Å². The van der Waals surface area contributed by atoms with Crippen molar-refractivity contribution >= 4 is 11.7 Å². The Morgan fingerprint density at radius 3 is 2.70 bits per heavy atom. The smallest absolute Gasteiger partial charge is 0.322 e. The summed E-state index contributed by atoms with van der Waals surface area (Å²) in [5.41, 5.74) is 6.76. The first-order valence-electron chi connectivity index (χ1n) is 7.09. The first-order chi connectivity index (χ1) is 9.61. The minimum atomic E-state index is -0.0721. The van der Waals surface area contributed by atoms with Crippen LogP contribution in [-0.2, 0) is 0 Å². The lowest BCUT2D eigenvalue weighted by molar-refractivity contribution is 0.151. The fourth-order valence-corrected chi connectivity index (χ4v) is 2.63. The van der Waals surface area contributed by atoms with E-state index in [0.29, 0.717) is 0 Å². The van der Waals surface area contributed by atoms with E-state index < -0.39 is 0 Å². The number of carbonyl (C=O) groups excluding carboxylic acids is 1. The molecular formula is C15H23N3O2. The van der Waals surface area contributed by atoms with Crippen LogP contribution in [0.5, 0.6) is 5.75 Å². The van der Waals surface area contributed by atoms with Crippen molar-refractivity contribution in [1.82, 2.24) is 4.90 Å². The van der Waals surface area contributed by atoms with Gasteiger partial charge in [-0.2, -0.15) is 0 Å². The predicted octanol–water partition coefficient (Wildman–Crippen LogP) is 2.43. The predicted molar refractivity (Wildman–Crippen MR) is 80.0 cm³/mol. The number of amides is 2. The molecule has 20 heavy (non-hydrogen) atoms. The molecule has 1 aliphatic heterocycles. The molecule has 5 nitrogen and oxygen atoms in total. The first kappa shape index (κ1) is 14.7. The van der Waals surface area contributed by atoms with Crippen LogP contribution >= 0.6 is 0 Å². The third kappa shape index (κ3) is 3.42. The Balaban J connectivity index is 2.01. The van der Waals surface area contributed by atoms with Crippen molar-refractivity contribution in [1.29, 1.82) is 0 Å². The average molecular weight is 277 g/mol. The number of urea groups is 1. The normalized spacial score (nSPS) is 20.4. The Labute approximate surface area is 120 Å². The standard InChI is InChI=1S/C15H23N3O2/c1-11(16)14-5-3-4-10-18(14)15(19)17-12-6-8-13(20-2)9-7-12/h6-9,11,14H,3-5,10,16H2,1-2H3,(H,17,19). The zero-order valence-electron chi connectivity index (χ0n) is 12.1. The number of methoxy groups -OCH3 is 1. The molecule has 5 heteroatoms. The molecule has 2 amide bonds. The van der Waals surface area contributed by atoms with Crippen LogP contribution in [0.4, 0.5) is 10.5 Å². The molecule has 1 aliphatic rings. The Bertz CT molecular complexity index is 445. The molecule has 1 saturated heterocycles. The Morgan fingerprint density at radius 1 is 1.40 bits per heavy atom. The number of nitrogens with zero attached hydrogens (tertiary/aromatic N) is 1. The van der Waals surface area contributed by atoms with Crippen LogP contribution in [0, 0.1) is 0 Å². The summed E-state index contributed by atoms with van der Waals surface area (Å²) in [7, 11) is 1.62. The highest BCUT2D eigenvalue weighted by Crippen LogP contribution is 2.21. The van der Waals surface area contributed by atoms with Gasteiger partial charge < -0.3 is 20.7 Å². The number of nitrogens with two attached hydrogens (primary N) is 1. The van der Waals surface area contributed by atoms with Crippen molar-refractivity contribution in [3.63, 3.8) is 0 Å². The Morgan fingerprint density at radius 2 is 2.10 bits per heavy atom. The van der Waals surface area contributed by atoms with E-state index in [-0.39, 0.29) is 18.1 Å². The monoisotopic (exact) mass is 277 g/mol. The van der Waals surface area contributed by atoms with Gasteiger partial charge in [-0.1, -0.05) is 0 Å². The highest BCUT2D eigenvalue weighted by molar-refractivity contribution is 5.89. The molecule has 110 valence electrons. The third-order valence-electron chi connectivity index (χ3n) is 3.76. The molecule has 0 aromatic heterocycles. The zero-order chi connectivity index (χ0) is 14.5. The maximum atomic E-state index is 12.4. The van der Waals surface area contributed by atoms with Gasteiger partial charge in [-0.3, -0.25) is 0 Å². The summed E-state index contributed by atoms with van der Waals surface area (Å²) < 4.78 is 5.10. The summed E-state index contributed by atoms with van der Waals surface area (Å²) in [6.45, 7) is 2.73. The lowest BCUT2D eigenvalue weighted by Gasteiger charge is -2.37. The van der Waals surface area contributed by atoms with E-state index in [0.717, 1.165) is 37.2 Å². The van der Waals surface area contributed by atoms with Crippen LogP contribution in [0.1, 0.15) is 26.2 Å².